The van der Waals surface area contributed by atoms with Crippen LogP contribution in [0.4, 0.5) is 0 Å². The molecule has 0 bridgehead atoms. The highest BCUT2D eigenvalue weighted by atomic mass is 16.1. The van der Waals surface area contributed by atoms with Gasteiger partial charge in [0.05, 0.1) is 24.4 Å². The van der Waals surface area contributed by atoms with E-state index in [1.165, 1.54) is 12.5 Å². The van der Waals surface area contributed by atoms with Crippen LogP contribution in [0.2, 0.25) is 0 Å². The Hall–Kier alpha value is -1.89. The van der Waals surface area contributed by atoms with Crippen LogP contribution >= 0.6 is 0 Å². The van der Waals surface area contributed by atoms with Gasteiger partial charge in [-0.25, -0.2) is 4.98 Å². The summed E-state index contributed by atoms with van der Waals surface area (Å²) in [5.74, 6) is 0. The molecule has 60 valence electrons. The molecule has 1 aromatic rings. The van der Waals surface area contributed by atoms with E-state index in [9.17, 15) is 4.79 Å². The molecule has 1 rings (SSSR count). The standard InChI is InChI=1S/C8H7N3O/c9-4-2-1-3-7-5-10-6-11-8(7)12/h1,3,5-6H,2H2,(H,10,11,12). The lowest BCUT2D eigenvalue weighted by Crippen LogP contribution is -2.08. The second kappa shape index (κ2) is 4.09. The largest absolute Gasteiger partial charge is 0.313 e. The molecule has 1 aromatic heterocycles. The lowest BCUT2D eigenvalue weighted by molar-refractivity contribution is 1.11. The zero-order chi connectivity index (χ0) is 8.81. The van der Waals surface area contributed by atoms with E-state index in [1.54, 1.807) is 12.2 Å². The summed E-state index contributed by atoms with van der Waals surface area (Å²) in [7, 11) is 0. The molecule has 0 amide bonds. The number of aromatic amines is 1. The van der Waals surface area contributed by atoms with Gasteiger partial charge in [0.2, 0.25) is 0 Å². The van der Waals surface area contributed by atoms with Gasteiger partial charge in [-0.05, 0) is 0 Å². The molecule has 4 nitrogen and oxygen atoms in total. The molecule has 0 saturated heterocycles. The molecule has 0 saturated carbocycles. The molecule has 0 aliphatic heterocycles. The van der Waals surface area contributed by atoms with Crippen LogP contribution in [-0.2, 0) is 0 Å². The maximum Gasteiger partial charge on any atom is 0.257 e. The summed E-state index contributed by atoms with van der Waals surface area (Å²) in [5.41, 5.74) is 0.270. The normalized spacial score (nSPS) is 9.92. The van der Waals surface area contributed by atoms with Crippen LogP contribution in [0.15, 0.2) is 23.4 Å². The van der Waals surface area contributed by atoms with Crippen molar-refractivity contribution < 1.29 is 0 Å². The first-order valence-corrected chi connectivity index (χ1v) is 3.41. The minimum Gasteiger partial charge on any atom is -0.313 e. The van der Waals surface area contributed by atoms with E-state index in [0.29, 0.717) is 12.0 Å². The molecule has 0 aliphatic rings. The quantitative estimate of drug-likeness (QED) is 0.693. The highest BCUT2D eigenvalue weighted by molar-refractivity contribution is 5.46. The number of nitrogens with zero attached hydrogens (tertiary/aromatic N) is 2. The molecular formula is C8H7N3O. The van der Waals surface area contributed by atoms with Crippen molar-refractivity contribution in [2.45, 2.75) is 6.42 Å². The fourth-order valence-corrected chi connectivity index (χ4v) is 0.713. The first-order chi connectivity index (χ1) is 5.84. The van der Waals surface area contributed by atoms with E-state index < -0.39 is 0 Å². The van der Waals surface area contributed by atoms with E-state index in [1.807, 2.05) is 6.07 Å². The number of allylic oxidation sites excluding steroid dienone is 1. The van der Waals surface area contributed by atoms with Crippen molar-refractivity contribution in [2.75, 3.05) is 0 Å². The van der Waals surface area contributed by atoms with Crippen molar-refractivity contribution in [1.29, 1.82) is 5.26 Å². The summed E-state index contributed by atoms with van der Waals surface area (Å²) < 4.78 is 0. The fraction of sp³-hybridized carbons (Fsp3) is 0.125. The number of rotatable bonds is 2. The predicted molar refractivity (Wildman–Crippen MR) is 44.1 cm³/mol. The third-order valence-electron chi connectivity index (χ3n) is 1.25. The Morgan fingerprint density at radius 3 is 3.25 bits per heavy atom. The third-order valence-corrected chi connectivity index (χ3v) is 1.25. The minimum atomic E-state index is -0.195. The average Bonchev–Trinajstić information content (AvgIpc) is 2.09. The van der Waals surface area contributed by atoms with Gasteiger partial charge in [0.15, 0.2) is 0 Å². The summed E-state index contributed by atoms with van der Waals surface area (Å²) in [6.45, 7) is 0. The fourth-order valence-electron chi connectivity index (χ4n) is 0.713. The summed E-state index contributed by atoms with van der Waals surface area (Å²) in [4.78, 5) is 17.1. The Bertz CT molecular complexity index is 372. The van der Waals surface area contributed by atoms with Gasteiger partial charge < -0.3 is 4.98 Å². The minimum absolute atomic E-state index is 0.195. The van der Waals surface area contributed by atoms with E-state index >= 15 is 0 Å². The van der Waals surface area contributed by atoms with Crippen LogP contribution in [0.1, 0.15) is 12.0 Å². The maximum absolute atomic E-state index is 11.0. The lowest BCUT2D eigenvalue weighted by Gasteiger charge is -1.87. The average molecular weight is 161 g/mol. The number of nitrogens with one attached hydrogen (secondary N) is 1. The molecule has 0 aliphatic carbocycles. The number of aromatic nitrogens is 2. The predicted octanol–water partition coefficient (Wildman–Crippen LogP) is 0.697. The number of nitriles is 1. The van der Waals surface area contributed by atoms with Gasteiger partial charge in [0.25, 0.3) is 5.56 Å². The van der Waals surface area contributed by atoms with Crippen molar-refractivity contribution in [3.8, 4) is 6.07 Å². The van der Waals surface area contributed by atoms with Crippen molar-refractivity contribution in [1.82, 2.24) is 9.97 Å². The van der Waals surface area contributed by atoms with Crippen LogP contribution in [0.3, 0.4) is 0 Å². The first-order valence-electron chi connectivity index (χ1n) is 3.41. The Balaban J connectivity index is 2.84. The zero-order valence-electron chi connectivity index (χ0n) is 6.32. The van der Waals surface area contributed by atoms with Gasteiger partial charge in [-0.15, -0.1) is 0 Å². The van der Waals surface area contributed by atoms with Gasteiger partial charge >= 0.3 is 0 Å². The maximum atomic E-state index is 11.0. The monoisotopic (exact) mass is 161 g/mol. The van der Waals surface area contributed by atoms with Crippen LogP contribution in [0.25, 0.3) is 6.08 Å². The Kier molecular flexibility index (Phi) is 2.79. The molecular weight excluding hydrogens is 154 g/mol. The van der Waals surface area contributed by atoms with Crippen LogP contribution < -0.4 is 5.56 Å². The van der Waals surface area contributed by atoms with E-state index in [4.69, 9.17) is 5.26 Å². The number of H-pyrrole nitrogens is 1. The number of hydrogen-bond donors (Lipinski definition) is 1. The van der Waals surface area contributed by atoms with E-state index in [2.05, 4.69) is 9.97 Å². The topological polar surface area (TPSA) is 69.5 Å². The molecule has 1 heterocycles. The van der Waals surface area contributed by atoms with Crippen molar-refractivity contribution in [2.24, 2.45) is 0 Å². The summed E-state index contributed by atoms with van der Waals surface area (Å²) in [6.07, 6.45) is 6.27. The lowest BCUT2D eigenvalue weighted by atomic mass is 10.3. The summed E-state index contributed by atoms with van der Waals surface area (Å²) in [5, 5.41) is 8.21. The van der Waals surface area contributed by atoms with Gasteiger partial charge in [0.1, 0.15) is 0 Å². The summed E-state index contributed by atoms with van der Waals surface area (Å²) in [6, 6.07) is 1.94. The van der Waals surface area contributed by atoms with Gasteiger partial charge in [-0.2, -0.15) is 5.26 Å². The highest BCUT2D eigenvalue weighted by Gasteiger charge is 1.90. The third kappa shape index (κ3) is 2.06. The SMILES string of the molecule is N#CCC=Cc1cnc[nH]c1=O. The molecule has 0 atom stereocenters. The van der Waals surface area contributed by atoms with Crippen molar-refractivity contribution in [3.05, 3.63) is 34.5 Å². The zero-order valence-corrected chi connectivity index (χ0v) is 6.32. The molecule has 0 radical (unpaired) electrons. The Morgan fingerprint density at radius 1 is 1.75 bits per heavy atom. The molecule has 0 fully saturated rings. The highest BCUT2D eigenvalue weighted by Crippen LogP contribution is 1.91. The smallest absolute Gasteiger partial charge is 0.257 e. The molecule has 0 spiro atoms. The van der Waals surface area contributed by atoms with Crippen LogP contribution in [-0.4, -0.2) is 9.97 Å². The molecule has 12 heavy (non-hydrogen) atoms. The van der Waals surface area contributed by atoms with Crippen molar-refractivity contribution in [3.63, 3.8) is 0 Å². The Morgan fingerprint density at radius 2 is 2.58 bits per heavy atom. The molecule has 1 N–H and O–H groups in total. The van der Waals surface area contributed by atoms with E-state index in [-0.39, 0.29) is 5.56 Å². The molecule has 4 heteroatoms. The molecule has 0 unspecified atom stereocenters. The van der Waals surface area contributed by atoms with Crippen LogP contribution in [0.5, 0.6) is 0 Å². The molecule has 0 aromatic carbocycles. The van der Waals surface area contributed by atoms with Gasteiger partial charge in [0, 0.05) is 6.20 Å². The van der Waals surface area contributed by atoms with Crippen molar-refractivity contribution >= 4 is 6.08 Å². The summed E-state index contributed by atoms with van der Waals surface area (Å²) >= 11 is 0. The van der Waals surface area contributed by atoms with Gasteiger partial charge in [-0.1, -0.05) is 12.2 Å². The van der Waals surface area contributed by atoms with Crippen LogP contribution in [0, 0.1) is 11.3 Å². The Labute approximate surface area is 69.2 Å². The van der Waals surface area contributed by atoms with Gasteiger partial charge in [-0.3, -0.25) is 4.79 Å². The number of hydrogen-bond acceptors (Lipinski definition) is 3. The second-order valence-electron chi connectivity index (χ2n) is 2.10. The van der Waals surface area contributed by atoms with E-state index in [0.717, 1.165) is 0 Å². The second-order valence-corrected chi connectivity index (χ2v) is 2.10. The first kappa shape index (κ1) is 8.21.